The molecule has 0 aliphatic carbocycles. The van der Waals surface area contributed by atoms with Crippen molar-refractivity contribution < 1.29 is 14.0 Å². The van der Waals surface area contributed by atoms with Gasteiger partial charge in [-0.3, -0.25) is 9.59 Å². The minimum atomic E-state index is -0.646. The number of para-hydroxylation sites is 1. The molecule has 0 radical (unpaired) electrons. The Morgan fingerprint density at radius 3 is 2.64 bits per heavy atom. The lowest BCUT2D eigenvalue weighted by molar-refractivity contribution is -0.120. The van der Waals surface area contributed by atoms with Gasteiger partial charge >= 0.3 is 0 Å². The highest BCUT2D eigenvalue weighted by Crippen LogP contribution is 2.22. The van der Waals surface area contributed by atoms with Crippen molar-refractivity contribution in [3.8, 4) is 6.07 Å². The van der Waals surface area contributed by atoms with Gasteiger partial charge in [0.15, 0.2) is 0 Å². The van der Waals surface area contributed by atoms with Gasteiger partial charge in [-0.1, -0.05) is 18.2 Å². The Hall–Kier alpha value is -3.20. The number of aryl methyl sites for hydroxylation is 1. The van der Waals surface area contributed by atoms with E-state index in [9.17, 15) is 14.0 Å². The third-order valence-corrected chi connectivity index (χ3v) is 4.19. The lowest BCUT2D eigenvalue weighted by Crippen LogP contribution is -2.52. The van der Waals surface area contributed by atoms with E-state index in [4.69, 9.17) is 5.26 Å². The topological polar surface area (TPSA) is 64.4 Å². The Morgan fingerprint density at radius 2 is 1.96 bits per heavy atom. The molecule has 0 spiro atoms. The molecular weight excluding hydrogens is 321 g/mol. The molecular formula is C19H16FN3O2. The molecule has 6 heteroatoms. The Balaban J connectivity index is 1.78. The molecule has 0 atom stereocenters. The van der Waals surface area contributed by atoms with E-state index in [1.54, 1.807) is 4.90 Å². The maximum Gasteiger partial charge on any atom is 0.254 e. The van der Waals surface area contributed by atoms with Crippen LogP contribution in [0.25, 0.3) is 0 Å². The van der Waals surface area contributed by atoms with Crippen molar-refractivity contribution in [3.05, 3.63) is 65.0 Å². The molecule has 1 heterocycles. The van der Waals surface area contributed by atoms with Crippen molar-refractivity contribution in [2.75, 3.05) is 24.5 Å². The van der Waals surface area contributed by atoms with Gasteiger partial charge < -0.3 is 9.80 Å². The molecule has 0 bridgehead atoms. The van der Waals surface area contributed by atoms with Crippen molar-refractivity contribution >= 4 is 17.5 Å². The predicted molar refractivity (Wildman–Crippen MR) is 90.6 cm³/mol. The summed E-state index contributed by atoms with van der Waals surface area (Å²) < 4.78 is 13.5. The summed E-state index contributed by atoms with van der Waals surface area (Å²) in [6, 6.07) is 12.9. The molecule has 1 aliphatic heterocycles. The maximum absolute atomic E-state index is 13.5. The summed E-state index contributed by atoms with van der Waals surface area (Å²) in [5, 5.41) is 8.91. The zero-order chi connectivity index (χ0) is 18.0. The first-order valence-corrected chi connectivity index (χ1v) is 7.85. The monoisotopic (exact) mass is 337 g/mol. The van der Waals surface area contributed by atoms with Gasteiger partial charge in [-0.2, -0.15) is 5.26 Å². The minimum absolute atomic E-state index is 0.0771. The van der Waals surface area contributed by atoms with Crippen molar-refractivity contribution in [2.24, 2.45) is 0 Å². The Kier molecular flexibility index (Phi) is 4.48. The summed E-state index contributed by atoms with van der Waals surface area (Å²) in [7, 11) is 0. The first-order valence-electron chi connectivity index (χ1n) is 7.85. The number of hydrogen-bond donors (Lipinski definition) is 0. The molecule has 1 aliphatic rings. The van der Waals surface area contributed by atoms with E-state index in [1.807, 2.05) is 37.3 Å². The van der Waals surface area contributed by atoms with E-state index in [2.05, 4.69) is 0 Å². The van der Waals surface area contributed by atoms with Crippen molar-refractivity contribution in [2.45, 2.75) is 6.92 Å². The van der Waals surface area contributed by atoms with Crippen LogP contribution >= 0.6 is 0 Å². The minimum Gasteiger partial charge on any atom is -0.328 e. The van der Waals surface area contributed by atoms with Crippen LogP contribution < -0.4 is 4.90 Å². The highest BCUT2D eigenvalue weighted by Gasteiger charge is 2.29. The number of anilines is 1. The van der Waals surface area contributed by atoms with Gasteiger partial charge in [0, 0.05) is 24.3 Å². The lowest BCUT2D eigenvalue weighted by atomic mass is 10.1. The Morgan fingerprint density at radius 1 is 1.20 bits per heavy atom. The molecule has 5 nitrogen and oxygen atoms in total. The SMILES string of the molecule is Cc1ccccc1N1CCN(C(=O)c2cc(F)cc(C#N)c2)CC1=O. The van der Waals surface area contributed by atoms with Crippen LogP contribution in [0.2, 0.25) is 0 Å². The van der Waals surface area contributed by atoms with Crippen LogP contribution in [0.3, 0.4) is 0 Å². The summed E-state index contributed by atoms with van der Waals surface area (Å²) >= 11 is 0. The lowest BCUT2D eigenvalue weighted by Gasteiger charge is -2.35. The molecule has 25 heavy (non-hydrogen) atoms. The van der Waals surface area contributed by atoms with Crippen LogP contribution in [-0.4, -0.2) is 36.3 Å². The molecule has 3 rings (SSSR count). The van der Waals surface area contributed by atoms with Crippen LogP contribution in [0.4, 0.5) is 10.1 Å². The van der Waals surface area contributed by atoms with Crippen LogP contribution in [0, 0.1) is 24.1 Å². The van der Waals surface area contributed by atoms with Crippen LogP contribution in [0.5, 0.6) is 0 Å². The van der Waals surface area contributed by atoms with Gasteiger partial charge in [0.05, 0.1) is 11.6 Å². The molecule has 0 saturated carbocycles. The molecule has 2 aromatic carbocycles. The van der Waals surface area contributed by atoms with E-state index < -0.39 is 11.7 Å². The Bertz CT molecular complexity index is 888. The molecule has 0 aromatic heterocycles. The zero-order valence-corrected chi connectivity index (χ0v) is 13.7. The second kappa shape index (κ2) is 6.73. The first-order chi connectivity index (χ1) is 12.0. The smallest absolute Gasteiger partial charge is 0.254 e. The van der Waals surface area contributed by atoms with Crippen molar-refractivity contribution in [1.29, 1.82) is 5.26 Å². The second-order valence-electron chi connectivity index (χ2n) is 5.90. The number of carbonyl (C=O) groups excluding carboxylic acids is 2. The molecule has 1 fully saturated rings. The van der Waals surface area contributed by atoms with E-state index in [0.717, 1.165) is 23.4 Å². The quantitative estimate of drug-likeness (QED) is 0.846. The molecule has 1 saturated heterocycles. The summed E-state index contributed by atoms with van der Waals surface area (Å²) in [4.78, 5) is 28.1. The van der Waals surface area contributed by atoms with Crippen molar-refractivity contribution in [1.82, 2.24) is 4.90 Å². The van der Waals surface area contributed by atoms with Gasteiger partial charge in [-0.05, 0) is 36.8 Å². The number of nitriles is 1. The summed E-state index contributed by atoms with van der Waals surface area (Å²) in [5.74, 6) is -1.29. The Labute approximate surface area is 144 Å². The van der Waals surface area contributed by atoms with Crippen LogP contribution in [0.1, 0.15) is 21.5 Å². The van der Waals surface area contributed by atoms with E-state index in [-0.39, 0.29) is 23.6 Å². The molecule has 0 N–H and O–H groups in total. The molecule has 126 valence electrons. The number of piperazine rings is 1. The van der Waals surface area contributed by atoms with Gasteiger partial charge in [-0.15, -0.1) is 0 Å². The summed E-state index contributed by atoms with van der Waals surface area (Å²) in [6.07, 6.45) is 0. The fraction of sp³-hybridized carbons (Fsp3) is 0.211. The van der Waals surface area contributed by atoms with Crippen molar-refractivity contribution in [3.63, 3.8) is 0 Å². The standard InChI is InChI=1S/C19H16FN3O2/c1-13-4-2-3-5-17(13)23-7-6-22(12-18(23)24)19(25)15-8-14(11-21)9-16(20)10-15/h2-5,8-10H,6-7,12H2,1H3. The average molecular weight is 337 g/mol. The molecule has 0 unspecified atom stereocenters. The number of carbonyl (C=O) groups is 2. The number of rotatable bonds is 2. The fourth-order valence-corrected chi connectivity index (χ4v) is 2.93. The van der Waals surface area contributed by atoms with Crippen LogP contribution in [0.15, 0.2) is 42.5 Å². The molecule has 2 amide bonds. The number of halogens is 1. The van der Waals surface area contributed by atoms with E-state index in [1.165, 1.54) is 11.0 Å². The fourth-order valence-electron chi connectivity index (χ4n) is 2.93. The number of hydrogen-bond acceptors (Lipinski definition) is 3. The summed E-state index contributed by atoms with van der Waals surface area (Å²) in [6.45, 7) is 2.56. The second-order valence-corrected chi connectivity index (χ2v) is 5.90. The van der Waals surface area contributed by atoms with E-state index in [0.29, 0.717) is 13.1 Å². The largest absolute Gasteiger partial charge is 0.328 e. The first kappa shape index (κ1) is 16.7. The number of nitrogens with zero attached hydrogens (tertiary/aromatic N) is 3. The number of benzene rings is 2. The van der Waals surface area contributed by atoms with Gasteiger partial charge in [0.1, 0.15) is 12.4 Å². The third kappa shape index (κ3) is 3.36. The van der Waals surface area contributed by atoms with Gasteiger partial charge in [0.2, 0.25) is 5.91 Å². The molecule has 2 aromatic rings. The highest BCUT2D eigenvalue weighted by molar-refractivity contribution is 6.02. The van der Waals surface area contributed by atoms with Crippen LogP contribution in [-0.2, 0) is 4.79 Å². The normalized spacial score (nSPS) is 14.4. The van der Waals surface area contributed by atoms with E-state index >= 15 is 0 Å². The maximum atomic E-state index is 13.5. The number of amides is 2. The zero-order valence-electron chi connectivity index (χ0n) is 13.7. The van der Waals surface area contributed by atoms with Gasteiger partial charge in [0.25, 0.3) is 5.91 Å². The highest BCUT2D eigenvalue weighted by atomic mass is 19.1. The average Bonchev–Trinajstić information content (AvgIpc) is 2.61. The predicted octanol–water partition coefficient (Wildman–Crippen LogP) is 2.49. The van der Waals surface area contributed by atoms with Gasteiger partial charge in [-0.25, -0.2) is 4.39 Å². The summed E-state index contributed by atoms with van der Waals surface area (Å²) in [5.41, 5.74) is 1.97. The third-order valence-electron chi connectivity index (χ3n) is 4.19.